The molecule has 2 aromatic rings. The van der Waals surface area contributed by atoms with Gasteiger partial charge in [-0.2, -0.15) is 17.2 Å². The van der Waals surface area contributed by atoms with Gasteiger partial charge in [0.1, 0.15) is 0 Å². The molecule has 1 amide bonds. The van der Waals surface area contributed by atoms with Gasteiger partial charge in [0.2, 0.25) is 0 Å². The lowest BCUT2D eigenvalue weighted by atomic mass is 9.93. The molecule has 3 aliphatic rings. The smallest absolute Gasteiger partial charge is 0.371 e. The molecule has 10 heteroatoms. The van der Waals surface area contributed by atoms with Crippen molar-refractivity contribution in [2.24, 2.45) is 0 Å². The van der Waals surface area contributed by atoms with Gasteiger partial charge in [-0.05, 0) is 33.9 Å². The van der Waals surface area contributed by atoms with E-state index >= 15 is 0 Å². The summed E-state index contributed by atoms with van der Waals surface area (Å²) in [6.45, 7) is 2.44. The van der Waals surface area contributed by atoms with Gasteiger partial charge >= 0.3 is 15.4 Å². The van der Waals surface area contributed by atoms with Crippen LogP contribution < -0.4 is 0 Å². The number of aryl methyl sites for hydroxylation is 1. The van der Waals surface area contributed by atoms with Crippen molar-refractivity contribution in [3.8, 4) is 0 Å². The lowest BCUT2D eigenvalue weighted by molar-refractivity contribution is -0.171. The lowest BCUT2D eigenvalue weighted by Crippen LogP contribution is -2.58. The summed E-state index contributed by atoms with van der Waals surface area (Å²) in [5.41, 5.74) is -0.270. The maximum absolute atomic E-state index is 14.5. The molecule has 0 aromatic heterocycles. The van der Waals surface area contributed by atoms with Crippen molar-refractivity contribution in [2.45, 2.75) is 30.8 Å². The molecule has 5 rings (SSSR count). The summed E-state index contributed by atoms with van der Waals surface area (Å²) in [7, 11) is -5.82. The zero-order valence-corrected chi connectivity index (χ0v) is 15.5. The molecule has 2 atom stereocenters. The third-order valence-electron chi connectivity index (χ3n) is 5.24. The van der Waals surface area contributed by atoms with Crippen LogP contribution in [0.4, 0.5) is 13.3 Å². The van der Waals surface area contributed by atoms with Crippen molar-refractivity contribution in [3.05, 3.63) is 47.0 Å². The van der Waals surface area contributed by atoms with E-state index in [1.165, 1.54) is 12.1 Å². The number of carbonyl (C=O) groups excluding carboxylic acids is 1. The number of carbonyl (C=O) groups is 1. The minimum absolute atomic E-state index is 0.0227. The molecule has 0 spiro atoms. The number of fused-ring (bicyclic) bond motifs is 3. The summed E-state index contributed by atoms with van der Waals surface area (Å²) in [5.74, 6) is -0.350. The molecule has 0 aliphatic carbocycles. The highest BCUT2D eigenvalue weighted by atomic mass is 32.2. The summed E-state index contributed by atoms with van der Waals surface area (Å²) < 4.78 is 72.1. The molecule has 3 aliphatic heterocycles. The second-order valence-corrected chi connectivity index (χ2v) is 8.56. The van der Waals surface area contributed by atoms with Crippen LogP contribution in [0.3, 0.4) is 0 Å². The molecule has 2 unspecified atom stereocenters. The molecule has 150 valence electrons. The molecule has 0 radical (unpaired) electrons. The number of piperidine rings is 1. The summed E-state index contributed by atoms with van der Waals surface area (Å²) >= 11 is 0. The molecule has 3 heterocycles. The zero-order valence-electron chi connectivity index (χ0n) is 14.7. The van der Waals surface area contributed by atoms with E-state index in [-0.39, 0.29) is 34.5 Å². The number of alkyl halides is 2. The van der Waals surface area contributed by atoms with Crippen molar-refractivity contribution in [1.82, 2.24) is 4.90 Å². The highest BCUT2D eigenvalue weighted by Crippen LogP contribution is 2.41. The van der Waals surface area contributed by atoms with Gasteiger partial charge in [0.15, 0.2) is 0 Å². The van der Waals surface area contributed by atoms with Crippen LogP contribution in [0.5, 0.6) is 0 Å². The molecule has 3 saturated heterocycles. The normalized spacial score (nSPS) is 22.2. The van der Waals surface area contributed by atoms with Crippen LogP contribution in [0, 0.1) is 6.92 Å². The van der Waals surface area contributed by atoms with Gasteiger partial charge < -0.3 is 9.64 Å². The van der Waals surface area contributed by atoms with E-state index in [0.717, 1.165) is 18.6 Å². The number of halogens is 3. The van der Waals surface area contributed by atoms with Crippen molar-refractivity contribution in [2.75, 3.05) is 13.1 Å². The van der Waals surface area contributed by atoms with Crippen molar-refractivity contribution in [3.63, 3.8) is 0 Å². The van der Waals surface area contributed by atoms with E-state index < -0.39 is 20.9 Å². The lowest BCUT2D eigenvalue weighted by Gasteiger charge is -2.47. The fourth-order valence-electron chi connectivity index (χ4n) is 3.89. The second kappa shape index (κ2) is 6.43. The highest BCUT2D eigenvalue weighted by Gasteiger charge is 2.50. The average molecular weight is 415 g/mol. The maximum atomic E-state index is 14.5. The number of hydrogen-bond donors (Lipinski definition) is 0. The van der Waals surface area contributed by atoms with Crippen LogP contribution in [0.25, 0.3) is 10.8 Å². The summed E-state index contributed by atoms with van der Waals surface area (Å²) in [6, 6.07) is 6.33. The van der Waals surface area contributed by atoms with Gasteiger partial charge in [-0.1, -0.05) is 28.7 Å². The first-order valence-corrected chi connectivity index (χ1v) is 9.96. The largest absolute Gasteiger partial charge is 0.398 e. The van der Waals surface area contributed by atoms with Gasteiger partial charge in [-0.25, -0.2) is 0 Å². The maximum Gasteiger partial charge on any atom is 0.398 e. The van der Waals surface area contributed by atoms with E-state index in [9.17, 15) is 26.5 Å². The molecular formula is C18H16F3NO5S. The molecule has 2 bridgehead atoms. The number of morpholine rings is 1. The Morgan fingerprint density at radius 3 is 2.46 bits per heavy atom. The quantitative estimate of drug-likeness (QED) is 0.768. The van der Waals surface area contributed by atoms with E-state index in [1.54, 1.807) is 17.9 Å². The summed E-state index contributed by atoms with van der Waals surface area (Å²) in [6.07, 6.45) is 0.839. The molecule has 6 nitrogen and oxygen atoms in total. The number of benzene rings is 2. The van der Waals surface area contributed by atoms with Crippen molar-refractivity contribution in [1.29, 1.82) is 0 Å². The van der Waals surface area contributed by atoms with E-state index in [1.807, 2.05) is 0 Å². The first-order chi connectivity index (χ1) is 13.2. The fraction of sp³-hybridized carbons (Fsp3) is 0.389. The Bertz CT molecular complexity index is 1060. The number of rotatable bonds is 4. The molecule has 0 saturated carbocycles. The number of nitrogens with zero attached hydrogens (tertiary/aromatic N) is 1. The van der Waals surface area contributed by atoms with E-state index in [4.69, 9.17) is 4.74 Å². The fourth-order valence-corrected chi connectivity index (χ4v) is 4.41. The Kier molecular flexibility index (Phi) is 4.40. The SMILES string of the molecule is Cc1cccc2c(C(F)(F)S(=O)(=O)OF)ccc(C(=O)N3CC4CC(C3)O4)c12. The number of hydrogen-bond acceptors (Lipinski definition) is 5. The Labute approximate surface area is 158 Å². The van der Waals surface area contributed by atoms with Crippen LogP contribution in [0.15, 0.2) is 30.3 Å². The Morgan fingerprint density at radius 2 is 1.86 bits per heavy atom. The third kappa shape index (κ3) is 2.78. The minimum Gasteiger partial charge on any atom is -0.371 e. The van der Waals surface area contributed by atoms with Gasteiger partial charge in [-0.15, -0.1) is 0 Å². The second-order valence-electron chi connectivity index (χ2n) is 7.02. The third-order valence-corrected chi connectivity index (χ3v) is 6.25. The predicted octanol–water partition coefficient (Wildman–Crippen LogP) is 3.04. The van der Waals surface area contributed by atoms with Crippen molar-refractivity contribution >= 4 is 26.8 Å². The van der Waals surface area contributed by atoms with Crippen LogP contribution in [0.1, 0.15) is 27.9 Å². The van der Waals surface area contributed by atoms with Crippen LogP contribution in [0.2, 0.25) is 0 Å². The summed E-state index contributed by atoms with van der Waals surface area (Å²) in [5, 5.41) is -4.59. The van der Waals surface area contributed by atoms with Crippen molar-refractivity contribution < 1.29 is 35.6 Å². The van der Waals surface area contributed by atoms with Gasteiger partial charge in [0.05, 0.1) is 12.2 Å². The summed E-state index contributed by atoms with van der Waals surface area (Å²) in [4.78, 5) is 14.6. The predicted molar refractivity (Wildman–Crippen MR) is 92.9 cm³/mol. The first-order valence-electron chi connectivity index (χ1n) is 8.56. The van der Waals surface area contributed by atoms with E-state index in [0.29, 0.717) is 18.7 Å². The standard InChI is InChI=1S/C18H16F3NO5S/c1-10-3-2-4-13-15(18(19,20)28(24,25)27-21)6-5-14(16(10)13)17(23)22-8-11-7-12(9-22)26-11/h2-6,11-12H,7-9H2,1H3. The monoisotopic (exact) mass is 415 g/mol. The average Bonchev–Trinajstić information content (AvgIpc) is 2.66. The Hall–Kier alpha value is -2.17. The van der Waals surface area contributed by atoms with Crippen LogP contribution in [-0.4, -0.2) is 44.5 Å². The molecule has 28 heavy (non-hydrogen) atoms. The Morgan fingerprint density at radius 1 is 1.21 bits per heavy atom. The van der Waals surface area contributed by atoms with Gasteiger partial charge in [-0.3, -0.25) is 4.79 Å². The number of ether oxygens (including phenoxy) is 1. The molecule has 2 aromatic carbocycles. The molecule has 0 N–H and O–H groups in total. The Balaban J connectivity index is 1.86. The zero-order chi connectivity index (χ0) is 20.3. The van der Waals surface area contributed by atoms with Crippen LogP contribution in [-0.2, 0) is 24.5 Å². The highest BCUT2D eigenvalue weighted by molar-refractivity contribution is 7.87. The van der Waals surface area contributed by atoms with Crippen LogP contribution >= 0.6 is 0 Å². The molecular weight excluding hydrogens is 399 g/mol. The number of amides is 1. The van der Waals surface area contributed by atoms with Gasteiger partial charge in [0, 0.05) is 30.6 Å². The molecule has 3 fully saturated rings. The van der Waals surface area contributed by atoms with Gasteiger partial charge in [0.25, 0.3) is 5.91 Å². The topological polar surface area (TPSA) is 72.9 Å². The van der Waals surface area contributed by atoms with E-state index in [2.05, 4.69) is 4.39 Å². The first kappa shape index (κ1) is 19.2. The minimum atomic E-state index is -5.82.